The second kappa shape index (κ2) is 6.89. The first kappa shape index (κ1) is 14.3. The monoisotopic (exact) mass is 273 g/mol. The molecule has 106 valence electrons. The first-order valence-corrected chi connectivity index (χ1v) is 6.85. The Labute approximate surface area is 119 Å². The molecule has 1 aromatic carbocycles. The number of hydrogen-bond donors (Lipinski definition) is 1. The number of pyridine rings is 1. The molecule has 0 bridgehead atoms. The summed E-state index contributed by atoms with van der Waals surface area (Å²) in [5.74, 6) is 0.706. The molecule has 20 heavy (non-hydrogen) atoms. The largest absolute Gasteiger partial charge is 0.370 e. The Balaban J connectivity index is 2.10. The Morgan fingerprint density at radius 2 is 1.95 bits per heavy atom. The van der Waals surface area contributed by atoms with Crippen LogP contribution in [0.1, 0.15) is 18.9 Å². The minimum Gasteiger partial charge on any atom is -0.370 e. The lowest BCUT2D eigenvalue weighted by Gasteiger charge is -2.21. The zero-order chi connectivity index (χ0) is 14.4. The maximum atomic E-state index is 12.9. The van der Waals surface area contributed by atoms with Crippen molar-refractivity contribution in [2.75, 3.05) is 23.8 Å². The maximum Gasteiger partial charge on any atom is 0.130 e. The van der Waals surface area contributed by atoms with Crippen molar-refractivity contribution in [3.05, 3.63) is 54.0 Å². The molecular formula is C16H20FN3. The number of anilines is 2. The van der Waals surface area contributed by atoms with E-state index in [0.29, 0.717) is 0 Å². The quantitative estimate of drug-likeness (QED) is 0.870. The van der Waals surface area contributed by atoms with E-state index < -0.39 is 0 Å². The zero-order valence-corrected chi connectivity index (χ0v) is 11.9. The van der Waals surface area contributed by atoms with Crippen molar-refractivity contribution in [2.24, 2.45) is 0 Å². The van der Waals surface area contributed by atoms with Crippen molar-refractivity contribution in [3.8, 4) is 0 Å². The minimum atomic E-state index is -0.214. The van der Waals surface area contributed by atoms with Gasteiger partial charge in [0, 0.05) is 37.6 Å². The molecule has 0 unspecified atom stereocenters. The molecule has 0 aliphatic rings. The molecule has 2 rings (SSSR count). The van der Waals surface area contributed by atoms with E-state index in [-0.39, 0.29) is 5.82 Å². The normalized spacial score (nSPS) is 10.3. The van der Waals surface area contributed by atoms with Crippen LogP contribution in [-0.4, -0.2) is 18.6 Å². The fourth-order valence-electron chi connectivity index (χ4n) is 2.01. The lowest BCUT2D eigenvalue weighted by atomic mass is 10.2. The van der Waals surface area contributed by atoms with Gasteiger partial charge in [-0.2, -0.15) is 0 Å². The van der Waals surface area contributed by atoms with Gasteiger partial charge < -0.3 is 10.2 Å². The molecule has 0 atom stereocenters. The summed E-state index contributed by atoms with van der Waals surface area (Å²) in [7, 11) is 1.99. The molecule has 0 spiro atoms. The van der Waals surface area contributed by atoms with E-state index in [0.717, 1.165) is 36.6 Å². The topological polar surface area (TPSA) is 28.2 Å². The fraction of sp³-hybridized carbons (Fsp3) is 0.312. The van der Waals surface area contributed by atoms with Crippen molar-refractivity contribution in [1.82, 2.24) is 4.98 Å². The summed E-state index contributed by atoms with van der Waals surface area (Å²) in [6.45, 7) is 3.76. The molecule has 0 aliphatic heterocycles. The molecule has 4 heteroatoms. The van der Waals surface area contributed by atoms with E-state index >= 15 is 0 Å². The van der Waals surface area contributed by atoms with Gasteiger partial charge in [0.15, 0.2) is 0 Å². The van der Waals surface area contributed by atoms with E-state index in [1.807, 2.05) is 13.1 Å². The van der Waals surface area contributed by atoms with Crippen molar-refractivity contribution in [2.45, 2.75) is 19.9 Å². The standard InChI is InChI=1S/C16H20FN3/c1-3-10-18-16-13(5-4-11-19-16)12-20(2)15-8-6-14(17)7-9-15/h4-9,11H,3,10,12H2,1-2H3,(H,18,19). The van der Waals surface area contributed by atoms with Gasteiger partial charge in [-0.1, -0.05) is 13.0 Å². The van der Waals surface area contributed by atoms with Crippen LogP contribution in [-0.2, 0) is 6.54 Å². The SMILES string of the molecule is CCCNc1ncccc1CN(C)c1ccc(F)cc1. The van der Waals surface area contributed by atoms with Crippen LogP contribution in [0.4, 0.5) is 15.9 Å². The Hall–Kier alpha value is -2.10. The molecule has 0 amide bonds. The van der Waals surface area contributed by atoms with Crippen LogP contribution in [0.15, 0.2) is 42.6 Å². The van der Waals surface area contributed by atoms with Crippen LogP contribution >= 0.6 is 0 Å². The number of nitrogens with zero attached hydrogens (tertiary/aromatic N) is 2. The van der Waals surface area contributed by atoms with E-state index in [1.165, 1.54) is 12.1 Å². The van der Waals surface area contributed by atoms with Gasteiger partial charge >= 0.3 is 0 Å². The van der Waals surface area contributed by atoms with Gasteiger partial charge in [-0.15, -0.1) is 0 Å². The Kier molecular flexibility index (Phi) is 4.93. The predicted octanol–water partition coefficient (Wildman–Crippen LogP) is 3.68. The third-order valence-electron chi connectivity index (χ3n) is 3.11. The summed E-state index contributed by atoms with van der Waals surface area (Å²) in [6.07, 6.45) is 2.85. The number of halogens is 1. The molecular weight excluding hydrogens is 253 g/mol. The average Bonchev–Trinajstić information content (AvgIpc) is 2.47. The lowest BCUT2D eigenvalue weighted by Crippen LogP contribution is -2.18. The number of aromatic nitrogens is 1. The Morgan fingerprint density at radius 3 is 2.65 bits per heavy atom. The highest BCUT2D eigenvalue weighted by Gasteiger charge is 2.07. The third-order valence-corrected chi connectivity index (χ3v) is 3.11. The number of hydrogen-bond acceptors (Lipinski definition) is 3. The molecule has 0 saturated carbocycles. The van der Waals surface area contributed by atoms with Gasteiger partial charge in [0.1, 0.15) is 11.6 Å². The van der Waals surface area contributed by atoms with Crippen LogP contribution in [0, 0.1) is 5.82 Å². The van der Waals surface area contributed by atoms with Crippen LogP contribution < -0.4 is 10.2 Å². The van der Waals surface area contributed by atoms with Gasteiger partial charge in [-0.3, -0.25) is 0 Å². The molecule has 1 N–H and O–H groups in total. The van der Waals surface area contributed by atoms with E-state index in [4.69, 9.17) is 0 Å². The highest BCUT2D eigenvalue weighted by Crippen LogP contribution is 2.19. The molecule has 2 aromatic rings. The highest BCUT2D eigenvalue weighted by atomic mass is 19.1. The Morgan fingerprint density at radius 1 is 1.20 bits per heavy atom. The molecule has 0 aliphatic carbocycles. The van der Waals surface area contributed by atoms with E-state index in [1.54, 1.807) is 18.3 Å². The molecule has 0 radical (unpaired) electrons. The van der Waals surface area contributed by atoms with Crippen molar-refractivity contribution >= 4 is 11.5 Å². The summed E-state index contributed by atoms with van der Waals surface area (Å²) in [5, 5.41) is 3.33. The molecule has 3 nitrogen and oxygen atoms in total. The molecule has 1 heterocycles. The summed E-state index contributed by atoms with van der Waals surface area (Å²) >= 11 is 0. The van der Waals surface area contributed by atoms with Gasteiger partial charge in [0.05, 0.1) is 0 Å². The molecule has 1 aromatic heterocycles. The minimum absolute atomic E-state index is 0.214. The molecule has 0 fully saturated rings. The van der Waals surface area contributed by atoms with Gasteiger partial charge in [-0.25, -0.2) is 9.37 Å². The van der Waals surface area contributed by atoms with Crippen LogP contribution in [0.3, 0.4) is 0 Å². The van der Waals surface area contributed by atoms with E-state index in [2.05, 4.69) is 28.2 Å². The van der Waals surface area contributed by atoms with Gasteiger partial charge in [0.2, 0.25) is 0 Å². The number of nitrogens with one attached hydrogen (secondary N) is 1. The van der Waals surface area contributed by atoms with Crippen molar-refractivity contribution in [3.63, 3.8) is 0 Å². The van der Waals surface area contributed by atoms with Crippen molar-refractivity contribution < 1.29 is 4.39 Å². The summed E-state index contributed by atoms with van der Waals surface area (Å²) in [4.78, 5) is 6.46. The third kappa shape index (κ3) is 3.70. The molecule has 0 saturated heterocycles. The Bertz CT molecular complexity index is 540. The zero-order valence-electron chi connectivity index (χ0n) is 11.9. The fourth-order valence-corrected chi connectivity index (χ4v) is 2.01. The van der Waals surface area contributed by atoms with Gasteiger partial charge in [-0.05, 0) is 36.8 Å². The summed E-state index contributed by atoms with van der Waals surface area (Å²) in [6, 6.07) is 10.5. The summed E-state index contributed by atoms with van der Waals surface area (Å²) in [5.41, 5.74) is 2.12. The van der Waals surface area contributed by atoms with Crippen LogP contribution in [0.25, 0.3) is 0 Å². The van der Waals surface area contributed by atoms with Crippen LogP contribution in [0.2, 0.25) is 0 Å². The first-order valence-electron chi connectivity index (χ1n) is 6.85. The average molecular weight is 273 g/mol. The first-order chi connectivity index (χ1) is 9.70. The van der Waals surface area contributed by atoms with E-state index in [9.17, 15) is 4.39 Å². The summed E-state index contributed by atoms with van der Waals surface area (Å²) < 4.78 is 12.9. The lowest BCUT2D eigenvalue weighted by molar-refractivity contribution is 0.627. The second-order valence-corrected chi connectivity index (χ2v) is 4.77. The predicted molar refractivity (Wildman–Crippen MR) is 81.5 cm³/mol. The maximum absolute atomic E-state index is 12.9. The second-order valence-electron chi connectivity index (χ2n) is 4.77. The number of benzene rings is 1. The number of rotatable bonds is 6. The van der Waals surface area contributed by atoms with Crippen LogP contribution in [0.5, 0.6) is 0 Å². The van der Waals surface area contributed by atoms with Gasteiger partial charge in [0.25, 0.3) is 0 Å². The van der Waals surface area contributed by atoms with Crippen molar-refractivity contribution in [1.29, 1.82) is 0 Å². The highest BCUT2D eigenvalue weighted by molar-refractivity contribution is 5.50. The smallest absolute Gasteiger partial charge is 0.130 e.